The first-order chi connectivity index (χ1) is 8.17. The van der Waals surface area contributed by atoms with Crippen LogP contribution in [0.1, 0.15) is 29.3 Å². The first-order valence-electron chi connectivity index (χ1n) is 5.67. The molecule has 17 heavy (non-hydrogen) atoms. The van der Waals surface area contributed by atoms with Gasteiger partial charge in [0.25, 0.3) is 0 Å². The summed E-state index contributed by atoms with van der Waals surface area (Å²) in [6.45, 7) is 5.69. The van der Waals surface area contributed by atoms with Gasteiger partial charge < -0.3 is 0 Å². The lowest BCUT2D eigenvalue weighted by Crippen LogP contribution is -2.18. The number of thiazole rings is 1. The Bertz CT molecular complexity index is 476. The number of nitrogens with zero attached hydrogens (tertiary/aromatic N) is 4. The predicted octanol–water partition coefficient (Wildman–Crippen LogP) is 1.76. The largest absolute Gasteiger partial charge is 0.292 e. The quantitative estimate of drug-likeness (QED) is 0.879. The van der Waals surface area contributed by atoms with Crippen LogP contribution < -0.4 is 0 Å². The third kappa shape index (κ3) is 3.34. The van der Waals surface area contributed by atoms with Gasteiger partial charge in [0.05, 0.1) is 13.1 Å². The minimum atomic E-state index is 0.769. The molecular formula is C11H17N5S. The Balaban J connectivity index is 1.90. The first kappa shape index (κ1) is 12.2. The normalized spacial score (nSPS) is 11.3. The molecule has 0 atom stereocenters. The zero-order chi connectivity index (χ0) is 12.3. The molecule has 0 aliphatic carbocycles. The average molecular weight is 251 g/mol. The van der Waals surface area contributed by atoms with E-state index < -0.39 is 0 Å². The van der Waals surface area contributed by atoms with Gasteiger partial charge in [-0.05, 0) is 14.0 Å². The SMILES string of the molecule is CCc1n[nH]c(CN(C)Cc2nc(C)cs2)n1. The molecule has 0 spiro atoms. The first-order valence-corrected chi connectivity index (χ1v) is 6.55. The van der Waals surface area contributed by atoms with Gasteiger partial charge in [-0.25, -0.2) is 9.97 Å². The maximum atomic E-state index is 4.44. The molecule has 0 aliphatic rings. The fraction of sp³-hybridized carbons (Fsp3) is 0.545. The van der Waals surface area contributed by atoms with Crippen molar-refractivity contribution in [2.75, 3.05) is 7.05 Å². The number of hydrogen-bond acceptors (Lipinski definition) is 5. The lowest BCUT2D eigenvalue weighted by atomic mass is 10.4. The molecular weight excluding hydrogens is 234 g/mol. The third-order valence-electron chi connectivity index (χ3n) is 2.39. The molecule has 92 valence electrons. The molecule has 2 aromatic heterocycles. The second-order valence-corrected chi connectivity index (χ2v) is 5.05. The Kier molecular flexibility index (Phi) is 3.86. The number of nitrogens with one attached hydrogen (secondary N) is 1. The fourth-order valence-electron chi connectivity index (χ4n) is 1.58. The number of aryl methyl sites for hydroxylation is 2. The van der Waals surface area contributed by atoms with Crippen LogP contribution in [0.3, 0.4) is 0 Å². The van der Waals surface area contributed by atoms with Crippen LogP contribution in [0, 0.1) is 6.92 Å². The predicted molar refractivity (Wildman–Crippen MR) is 67.8 cm³/mol. The second kappa shape index (κ2) is 5.37. The summed E-state index contributed by atoms with van der Waals surface area (Å²) in [5.74, 6) is 1.79. The molecule has 5 nitrogen and oxygen atoms in total. The molecule has 0 saturated heterocycles. The lowest BCUT2D eigenvalue weighted by Gasteiger charge is -2.12. The van der Waals surface area contributed by atoms with Crippen molar-refractivity contribution in [1.29, 1.82) is 0 Å². The maximum Gasteiger partial charge on any atom is 0.150 e. The molecule has 0 saturated carbocycles. The van der Waals surface area contributed by atoms with E-state index in [0.717, 1.165) is 41.9 Å². The van der Waals surface area contributed by atoms with Gasteiger partial charge in [0.2, 0.25) is 0 Å². The van der Waals surface area contributed by atoms with Crippen LogP contribution >= 0.6 is 11.3 Å². The van der Waals surface area contributed by atoms with E-state index in [0.29, 0.717) is 0 Å². The monoisotopic (exact) mass is 251 g/mol. The van der Waals surface area contributed by atoms with Gasteiger partial charge in [-0.2, -0.15) is 5.10 Å². The summed E-state index contributed by atoms with van der Waals surface area (Å²) >= 11 is 1.70. The maximum absolute atomic E-state index is 4.44. The van der Waals surface area contributed by atoms with Crippen LogP contribution in [0.5, 0.6) is 0 Å². The molecule has 0 radical (unpaired) electrons. The molecule has 6 heteroatoms. The van der Waals surface area contributed by atoms with E-state index >= 15 is 0 Å². The highest BCUT2D eigenvalue weighted by Crippen LogP contribution is 2.11. The Morgan fingerprint density at radius 2 is 2.18 bits per heavy atom. The van der Waals surface area contributed by atoms with E-state index in [1.807, 2.05) is 6.92 Å². The van der Waals surface area contributed by atoms with Crippen LogP contribution in [0.2, 0.25) is 0 Å². The van der Waals surface area contributed by atoms with Crippen LogP contribution in [0.15, 0.2) is 5.38 Å². The summed E-state index contributed by atoms with van der Waals surface area (Å²) < 4.78 is 0. The number of aromatic amines is 1. The minimum absolute atomic E-state index is 0.769. The van der Waals surface area contributed by atoms with Gasteiger partial charge in [0.1, 0.15) is 16.7 Å². The molecule has 0 unspecified atom stereocenters. The van der Waals surface area contributed by atoms with Crippen molar-refractivity contribution < 1.29 is 0 Å². The molecule has 0 aromatic carbocycles. The fourth-order valence-corrected chi connectivity index (χ4v) is 2.43. The van der Waals surface area contributed by atoms with Crippen molar-refractivity contribution in [3.63, 3.8) is 0 Å². The third-order valence-corrected chi connectivity index (χ3v) is 3.34. The molecule has 0 amide bonds. The summed E-state index contributed by atoms with van der Waals surface area (Å²) in [5.41, 5.74) is 1.09. The van der Waals surface area contributed by atoms with Crippen LogP contribution in [-0.2, 0) is 19.5 Å². The van der Waals surface area contributed by atoms with Crippen LogP contribution in [0.4, 0.5) is 0 Å². The zero-order valence-electron chi connectivity index (χ0n) is 10.4. The number of H-pyrrole nitrogens is 1. The average Bonchev–Trinajstić information content (AvgIpc) is 2.88. The molecule has 0 fully saturated rings. The summed E-state index contributed by atoms with van der Waals surface area (Å²) in [4.78, 5) is 11.0. The van der Waals surface area contributed by atoms with E-state index in [-0.39, 0.29) is 0 Å². The zero-order valence-corrected chi connectivity index (χ0v) is 11.2. The standard InChI is InChI=1S/C11H17N5S/c1-4-9-13-10(15-14-9)5-16(3)6-11-12-8(2)7-17-11/h7H,4-6H2,1-3H3,(H,13,14,15). The van der Waals surface area contributed by atoms with Crippen molar-refractivity contribution in [3.05, 3.63) is 27.7 Å². The number of hydrogen-bond donors (Lipinski definition) is 1. The smallest absolute Gasteiger partial charge is 0.150 e. The Morgan fingerprint density at radius 3 is 2.76 bits per heavy atom. The van der Waals surface area contributed by atoms with Crippen molar-refractivity contribution in [2.24, 2.45) is 0 Å². The highest BCUT2D eigenvalue weighted by molar-refractivity contribution is 7.09. The van der Waals surface area contributed by atoms with Crippen molar-refractivity contribution >= 4 is 11.3 Å². The molecule has 2 rings (SSSR count). The molecule has 0 bridgehead atoms. The van der Waals surface area contributed by atoms with E-state index in [1.165, 1.54) is 0 Å². The van der Waals surface area contributed by atoms with E-state index in [1.54, 1.807) is 11.3 Å². The Morgan fingerprint density at radius 1 is 1.35 bits per heavy atom. The highest BCUT2D eigenvalue weighted by Gasteiger charge is 2.07. The highest BCUT2D eigenvalue weighted by atomic mass is 32.1. The summed E-state index contributed by atoms with van der Waals surface area (Å²) in [5, 5.41) is 10.3. The Hall–Kier alpha value is -1.27. The topological polar surface area (TPSA) is 57.7 Å². The molecule has 1 N–H and O–H groups in total. The van der Waals surface area contributed by atoms with Crippen molar-refractivity contribution in [3.8, 4) is 0 Å². The Labute approximate surface area is 105 Å². The summed E-state index contributed by atoms with van der Waals surface area (Å²) in [6, 6.07) is 0. The van der Waals surface area contributed by atoms with Crippen LogP contribution in [-0.4, -0.2) is 32.1 Å². The van der Waals surface area contributed by atoms with Crippen molar-refractivity contribution in [1.82, 2.24) is 25.1 Å². The van der Waals surface area contributed by atoms with Gasteiger partial charge in [-0.3, -0.25) is 10.00 Å². The lowest BCUT2D eigenvalue weighted by molar-refractivity contribution is 0.310. The van der Waals surface area contributed by atoms with Gasteiger partial charge in [0.15, 0.2) is 0 Å². The second-order valence-electron chi connectivity index (χ2n) is 4.11. The van der Waals surface area contributed by atoms with E-state index in [2.05, 4.69) is 44.4 Å². The van der Waals surface area contributed by atoms with Gasteiger partial charge >= 0.3 is 0 Å². The van der Waals surface area contributed by atoms with Crippen molar-refractivity contribution in [2.45, 2.75) is 33.4 Å². The van der Waals surface area contributed by atoms with E-state index in [9.17, 15) is 0 Å². The number of aromatic nitrogens is 4. The molecule has 0 aliphatic heterocycles. The molecule has 2 aromatic rings. The van der Waals surface area contributed by atoms with Gasteiger partial charge in [0, 0.05) is 17.5 Å². The van der Waals surface area contributed by atoms with E-state index in [4.69, 9.17) is 0 Å². The van der Waals surface area contributed by atoms with Gasteiger partial charge in [-0.1, -0.05) is 6.92 Å². The van der Waals surface area contributed by atoms with Crippen LogP contribution in [0.25, 0.3) is 0 Å². The summed E-state index contributed by atoms with van der Waals surface area (Å²) in [6.07, 6.45) is 0.867. The minimum Gasteiger partial charge on any atom is -0.292 e. The van der Waals surface area contributed by atoms with Gasteiger partial charge in [-0.15, -0.1) is 11.3 Å². The number of rotatable bonds is 5. The summed E-state index contributed by atoms with van der Waals surface area (Å²) in [7, 11) is 2.06. The molecule has 2 heterocycles.